The fourth-order valence-electron chi connectivity index (χ4n) is 1.94. The Labute approximate surface area is 136 Å². The van der Waals surface area contributed by atoms with Crippen LogP contribution in [0.3, 0.4) is 0 Å². The van der Waals surface area contributed by atoms with Gasteiger partial charge in [-0.2, -0.15) is 5.10 Å². The maximum atomic E-state index is 11.9. The van der Waals surface area contributed by atoms with E-state index in [0.29, 0.717) is 5.56 Å². The highest BCUT2D eigenvalue weighted by atomic mass is 16.3. The molecule has 9 heteroatoms. The monoisotopic (exact) mass is 329 g/mol. The summed E-state index contributed by atoms with van der Waals surface area (Å²) < 4.78 is 0.924. The molecule has 0 radical (unpaired) electrons. The molecule has 2 aromatic rings. The Kier molecular flexibility index (Phi) is 5.05. The molecule has 0 saturated carbocycles. The number of aromatic hydroxyl groups is 1. The standard InChI is InChI=1S/C15H15N5O4/c1-3-8-20-14(23)11(13(22)17-15(20)24)9(2)18-19-12(21)10-4-6-16-7-5-10/h3-7,23H,1,8H2,2H3,(H,19,21)(H,17,22,24)/b18-9+. The number of carbonyl (C=O) groups is 1. The first-order valence-electron chi connectivity index (χ1n) is 6.87. The molecule has 0 aliphatic carbocycles. The molecule has 2 aromatic heterocycles. The van der Waals surface area contributed by atoms with Crippen molar-refractivity contribution in [1.29, 1.82) is 0 Å². The first-order chi connectivity index (χ1) is 11.5. The predicted molar refractivity (Wildman–Crippen MR) is 87.1 cm³/mol. The van der Waals surface area contributed by atoms with Crippen LogP contribution in [-0.2, 0) is 6.54 Å². The molecular weight excluding hydrogens is 314 g/mol. The molecule has 1 amide bonds. The van der Waals surface area contributed by atoms with Crippen molar-refractivity contribution in [2.24, 2.45) is 5.10 Å². The van der Waals surface area contributed by atoms with Gasteiger partial charge in [0.1, 0.15) is 5.56 Å². The van der Waals surface area contributed by atoms with E-state index in [-0.39, 0.29) is 17.8 Å². The van der Waals surface area contributed by atoms with E-state index < -0.39 is 23.0 Å². The number of amides is 1. The van der Waals surface area contributed by atoms with Gasteiger partial charge in [-0.3, -0.25) is 24.1 Å². The zero-order valence-electron chi connectivity index (χ0n) is 12.8. The molecule has 124 valence electrons. The van der Waals surface area contributed by atoms with Gasteiger partial charge in [-0.1, -0.05) is 6.08 Å². The molecule has 0 aromatic carbocycles. The van der Waals surface area contributed by atoms with Gasteiger partial charge in [-0.15, -0.1) is 6.58 Å². The highest BCUT2D eigenvalue weighted by Crippen LogP contribution is 2.11. The van der Waals surface area contributed by atoms with Crippen LogP contribution in [-0.4, -0.2) is 31.3 Å². The van der Waals surface area contributed by atoms with Gasteiger partial charge in [-0.05, 0) is 19.1 Å². The lowest BCUT2D eigenvalue weighted by Gasteiger charge is -2.09. The predicted octanol–water partition coefficient (Wildman–Crippen LogP) is -0.0228. The number of H-pyrrole nitrogens is 1. The van der Waals surface area contributed by atoms with Crippen LogP contribution in [0.5, 0.6) is 5.88 Å². The third kappa shape index (κ3) is 3.46. The van der Waals surface area contributed by atoms with Crippen LogP contribution < -0.4 is 16.7 Å². The lowest BCUT2D eigenvalue weighted by Crippen LogP contribution is -2.34. The molecule has 9 nitrogen and oxygen atoms in total. The molecule has 3 N–H and O–H groups in total. The molecule has 0 unspecified atom stereocenters. The van der Waals surface area contributed by atoms with Crippen LogP contribution in [0.25, 0.3) is 0 Å². The van der Waals surface area contributed by atoms with Gasteiger partial charge >= 0.3 is 5.69 Å². The van der Waals surface area contributed by atoms with Crippen LogP contribution in [0, 0.1) is 0 Å². The van der Waals surface area contributed by atoms with Crippen molar-refractivity contribution in [2.45, 2.75) is 13.5 Å². The minimum Gasteiger partial charge on any atom is -0.494 e. The minimum atomic E-state index is -0.808. The summed E-state index contributed by atoms with van der Waals surface area (Å²) in [5.74, 6) is -1.06. The maximum absolute atomic E-state index is 11.9. The average Bonchev–Trinajstić information content (AvgIpc) is 2.57. The van der Waals surface area contributed by atoms with Gasteiger partial charge in [-0.25, -0.2) is 10.2 Å². The number of aromatic amines is 1. The zero-order chi connectivity index (χ0) is 17.7. The Morgan fingerprint density at radius 2 is 2.12 bits per heavy atom. The molecule has 0 saturated heterocycles. The van der Waals surface area contributed by atoms with E-state index in [1.165, 1.54) is 37.5 Å². The highest BCUT2D eigenvalue weighted by molar-refractivity contribution is 6.01. The van der Waals surface area contributed by atoms with E-state index in [1.54, 1.807) is 0 Å². The van der Waals surface area contributed by atoms with Crippen LogP contribution in [0.15, 0.2) is 51.9 Å². The Morgan fingerprint density at radius 3 is 2.75 bits per heavy atom. The second-order valence-electron chi connectivity index (χ2n) is 4.73. The molecule has 0 fully saturated rings. The Bertz CT molecular complexity index is 912. The Balaban J connectivity index is 2.36. The first kappa shape index (κ1) is 16.9. The smallest absolute Gasteiger partial charge is 0.331 e. The van der Waals surface area contributed by atoms with Gasteiger partial charge in [0.25, 0.3) is 11.5 Å². The second-order valence-corrected chi connectivity index (χ2v) is 4.73. The maximum Gasteiger partial charge on any atom is 0.331 e. The largest absolute Gasteiger partial charge is 0.494 e. The van der Waals surface area contributed by atoms with Crippen LogP contribution >= 0.6 is 0 Å². The van der Waals surface area contributed by atoms with Gasteiger partial charge in [0.2, 0.25) is 5.88 Å². The fourth-order valence-corrected chi connectivity index (χ4v) is 1.94. The molecule has 0 spiro atoms. The van der Waals surface area contributed by atoms with Crippen molar-refractivity contribution in [3.8, 4) is 5.88 Å². The van der Waals surface area contributed by atoms with E-state index in [1.807, 2.05) is 0 Å². The molecule has 24 heavy (non-hydrogen) atoms. The van der Waals surface area contributed by atoms with Gasteiger partial charge in [0.15, 0.2) is 0 Å². The van der Waals surface area contributed by atoms with E-state index in [0.717, 1.165) is 4.57 Å². The summed E-state index contributed by atoms with van der Waals surface area (Å²) in [5.41, 5.74) is 0.840. The third-order valence-electron chi connectivity index (χ3n) is 3.11. The van der Waals surface area contributed by atoms with E-state index >= 15 is 0 Å². The molecule has 0 aliphatic rings. The Hall–Kier alpha value is -3.49. The number of allylic oxidation sites excluding steroid dienone is 1. The summed E-state index contributed by atoms with van der Waals surface area (Å²) >= 11 is 0. The van der Waals surface area contributed by atoms with Gasteiger partial charge < -0.3 is 5.11 Å². The lowest BCUT2D eigenvalue weighted by atomic mass is 10.2. The summed E-state index contributed by atoms with van der Waals surface area (Å²) in [6.07, 6.45) is 4.29. The average molecular weight is 329 g/mol. The number of pyridine rings is 1. The summed E-state index contributed by atoms with van der Waals surface area (Å²) in [6, 6.07) is 2.99. The number of carbonyl (C=O) groups excluding carboxylic acids is 1. The van der Waals surface area contributed by atoms with Crippen molar-refractivity contribution in [3.05, 3.63) is 69.1 Å². The molecule has 0 aliphatic heterocycles. The minimum absolute atomic E-state index is 0.00506. The summed E-state index contributed by atoms with van der Waals surface area (Å²) in [7, 11) is 0. The normalized spacial score (nSPS) is 11.1. The Morgan fingerprint density at radius 1 is 1.46 bits per heavy atom. The molecule has 2 heterocycles. The van der Waals surface area contributed by atoms with Crippen molar-refractivity contribution < 1.29 is 9.90 Å². The van der Waals surface area contributed by atoms with Crippen molar-refractivity contribution in [3.63, 3.8) is 0 Å². The second kappa shape index (κ2) is 7.18. The number of hydrogen-bond acceptors (Lipinski definition) is 6. The SMILES string of the molecule is C=CCn1c(O)c(/C(C)=N/NC(=O)c2ccncc2)c(=O)[nH]c1=O. The van der Waals surface area contributed by atoms with Crippen LogP contribution in [0.2, 0.25) is 0 Å². The van der Waals surface area contributed by atoms with Gasteiger partial charge in [0, 0.05) is 24.5 Å². The topological polar surface area (TPSA) is 129 Å². The van der Waals surface area contributed by atoms with Crippen molar-refractivity contribution >= 4 is 11.6 Å². The number of rotatable bonds is 5. The quantitative estimate of drug-likeness (QED) is 0.403. The molecule has 0 atom stereocenters. The lowest BCUT2D eigenvalue weighted by molar-refractivity contribution is 0.0954. The van der Waals surface area contributed by atoms with Gasteiger partial charge in [0.05, 0.1) is 5.71 Å². The van der Waals surface area contributed by atoms with Crippen molar-refractivity contribution in [2.75, 3.05) is 0 Å². The summed E-state index contributed by atoms with van der Waals surface area (Å²) in [4.78, 5) is 41.4. The first-order valence-corrected chi connectivity index (χ1v) is 6.87. The summed E-state index contributed by atoms with van der Waals surface area (Å²) in [5, 5.41) is 13.9. The number of hydrogen-bond donors (Lipinski definition) is 3. The van der Waals surface area contributed by atoms with E-state index in [2.05, 4.69) is 27.1 Å². The number of hydrazone groups is 1. The fraction of sp³-hybridized carbons (Fsp3) is 0.133. The van der Waals surface area contributed by atoms with Crippen LogP contribution in [0.1, 0.15) is 22.8 Å². The molecular formula is C15H15N5O4. The van der Waals surface area contributed by atoms with E-state index in [4.69, 9.17) is 0 Å². The third-order valence-corrected chi connectivity index (χ3v) is 3.11. The van der Waals surface area contributed by atoms with Crippen molar-refractivity contribution in [1.82, 2.24) is 20.0 Å². The highest BCUT2D eigenvalue weighted by Gasteiger charge is 2.16. The number of nitrogens with one attached hydrogen (secondary N) is 2. The zero-order valence-corrected chi connectivity index (χ0v) is 12.8. The number of nitrogens with zero attached hydrogens (tertiary/aromatic N) is 3. The molecule has 2 rings (SSSR count). The van der Waals surface area contributed by atoms with E-state index in [9.17, 15) is 19.5 Å². The van der Waals surface area contributed by atoms with Crippen LogP contribution in [0.4, 0.5) is 0 Å². The summed E-state index contributed by atoms with van der Waals surface area (Å²) in [6.45, 7) is 4.89. The molecule has 0 bridgehead atoms. The number of aromatic nitrogens is 3.